The van der Waals surface area contributed by atoms with Gasteiger partial charge in [0.05, 0.1) is 12.1 Å². The highest BCUT2D eigenvalue weighted by molar-refractivity contribution is 9.10. The molecule has 4 aliphatic rings. The third kappa shape index (κ3) is 6.10. The summed E-state index contributed by atoms with van der Waals surface area (Å²) in [7, 11) is 0. The number of aliphatic hydroxyl groups is 1. The number of alkyl halides is 1. The maximum Gasteiger partial charge on any atom is 0.263 e. The molecule has 9 heteroatoms. The van der Waals surface area contributed by atoms with Crippen LogP contribution < -0.4 is 4.90 Å². The maximum atomic E-state index is 14.4. The highest BCUT2D eigenvalue weighted by Gasteiger charge is 2.52. The smallest absolute Gasteiger partial charge is 0.263 e. The molecule has 214 valence electrons. The molecule has 2 heterocycles. The van der Waals surface area contributed by atoms with E-state index in [1.54, 1.807) is 0 Å². The topological polar surface area (TPSA) is 82.7 Å². The zero-order valence-electron chi connectivity index (χ0n) is 23.7. The Morgan fingerprint density at radius 1 is 1.15 bits per heavy atom. The summed E-state index contributed by atoms with van der Waals surface area (Å²) >= 11 is 3.59. The zero-order chi connectivity index (χ0) is 28.1. The molecule has 1 saturated heterocycles. The number of fused-ring (bicyclic) bond motifs is 3. The highest BCUT2D eigenvalue weighted by atomic mass is 79.9. The molecule has 1 N–H and O–H groups in total. The molecule has 4 fully saturated rings. The number of aromatic nitrogens is 2. The van der Waals surface area contributed by atoms with Gasteiger partial charge in [0.1, 0.15) is 0 Å². The lowest BCUT2D eigenvalue weighted by Gasteiger charge is -2.53. The molecule has 1 aliphatic heterocycles. The fraction of sp³-hybridized carbons (Fsp3) is 0.700. The molecule has 6 rings (SSSR count). The molecule has 0 spiro atoms. The van der Waals surface area contributed by atoms with E-state index in [1.165, 1.54) is 13.8 Å². The number of carbonyl (C=O) groups is 1. The minimum Gasteiger partial charge on any atom is -0.390 e. The number of likely N-dealkylation sites (tertiary alicyclic amines) is 1. The number of halogens is 2. The molecule has 1 aromatic carbocycles. The maximum absolute atomic E-state index is 14.4. The number of carbonyl (C=O) groups excluding carboxylic acids is 1. The van der Waals surface area contributed by atoms with Crippen LogP contribution in [0.25, 0.3) is 0 Å². The van der Waals surface area contributed by atoms with Gasteiger partial charge >= 0.3 is 0 Å². The van der Waals surface area contributed by atoms with E-state index in [1.807, 2.05) is 43.0 Å². The van der Waals surface area contributed by atoms with Crippen LogP contribution in [0.15, 0.2) is 33.3 Å². The molecule has 3 aliphatic carbocycles. The van der Waals surface area contributed by atoms with Gasteiger partial charge in [-0.3, -0.25) is 9.69 Å². The largest absolute Gasteiger partial charge is 0.390 e. The summed E-state index contributed by atoms with van der Waals surface area (Å²) in [6.45, 7) is 9.37. The fourth-order valence-electron chi connectivity index (χ4n) is 6.89. The van der Waals surface area contributed by atoms with E-state index in [0.717, 1.165) is 74.6 Å². The van der Waals surface area contributed by atoms with Gasteiger partial charge in [0.15, 0.2) is 11.5 Å². The summed E-state index contributed by atoms with van der Waals surface area (Å²) in [6.07, 6.45) is 7.49. The second kappa shape index (κ2) is 10.5. The van der Waals surface area contributed by atoms with Gasteiger partial charge in [0.2, 0.25) is 5.91 Å². The van der Waals surface area contributed by atoms with Crippen molar-refractivity contribution in [3.8, 4) is 0 Å². The second-order valence-electron chi connectivity index (χ2n) is 13.3. The van der Waals surface area contributed by atoms with Crippen molar-refractivity contribution in [3.63, 3.8) is 0 Å². The molecule has 0 atom stereocenters. The van der Waals surface area contributed by atoms with Crippen LogP contribution in [0.1, 0.15) is 90.8 Å². The average Bonchev–Trinajstić information content (AvgIpc) is 3.40. The molecule has 2 aromatic rings. The molecule has 0 unspecified atom stereocenters. The lowest BCUT2D eigenvalue weighted by Crippen LogP contribution is -2.53. The molecule has 3 saturated carbocycles. The Balaban J connectivity index is 1.29. The van der Waals surface area contributed by atoms with Gasteiger partial charge in [-0.05, 0) is 122 Å². The van der Waals surface area contributed by atoms with Gasteiger partial charge in [0.25, 0.3) is 5.89 Å². The summed E-state index contributed by atoms with van der Waals surface area (Å²) in [5, 5.41) is 14.6. The number of benzene rings is 1. The molecular weight excluding hydrogens is 563 g/mol. The van der Waals surface area contributed by atoms with Crippen LogP contribution in [-0.2, 0) is 15.9 Å². The van der Waals surface area contributed by atoms with Crippen molar-refractivity contribution in [2.75, 3.05) is 31.1 Å². The number of hydrogen-bond acceptors (Lipinski definition) is 6. The van der Waals surface area contributed by atoms with Crippen LogP contribution in [0, 0.1) is 11.3 Å². The minimum atomic E-state index is -1.65. The van der Waals surface area contributed by atoms with Crippen molar-refractivity contribution in [2.45, 2.75) is 95.7 Å². The van der Waals surface area contributed by atoms with Crippen molar-refractivity contribution in [2.24, 2.45) is 11.3 Å². The van der Waals surface area contributed by atoms with E-state index in [-0.39, 0.29) is 28.5 Å². The Morgan fingerprint density at radius 3 is 2.33 bits per heavy atom. The third-order valence-electron chi connectivity index (χ3n) is 9.67. The summed E-state index contributed by atoms with van der Waals surface area (Å²) in [4.78, 5) is 22.6. The van der Waals surface area contributed by atoms with Crippen molar-refractivity contribution in [1.29, 1.82) is 0 Å². The van der Waals surface area contributed by atoms with Crippen LogP contribution in [0.2, 0.25) is 0 Å². The number of piperidine rings is 1. The lowest BCUT2D eigenvalue weighted by atomic mass is 9.53. The Hall–Kier alpha value is -1.84. The van der Waals surface area contributed by atoms with E-state index < -0.39 is 11.3 Å². The first-order valence-corrected chi connectivity index (χ1v) is 15.1. The van der Waals surface area contributed by atoms with Gasteiger partial charge < -0.3 is 14.5 Å². The van der Waals surface area contributed by atoms with Crippen LogP contribution in [0.3, 0.4) is 0 Å². The van der Waals surface area contributed by atoms with Crippen LogP contribution >= 0.6 is 15.9 Å². The number of nitrogens with zero attached hydrogens (tertiary/aromatic N) is 4. The summed E-state index contributed by atoms with van der Waals surface area (Å²) in [5.41, 5.74) is -1.53. The van der Waals surface area contributed by atoms with Gasteiger partial charge in [-0.2, -0.15) is 4.98 Å². The van der Waals surface area contributed by atoms with Crippen LogP contribution in [0.5, 0.6) is 0 Å². The van der Waals surface area contributed by atoms with Crippen molar-refractivity contribution in [3.05, 3.63) is 40.5 Å². The Labute approximate surface area is 239 Å². The summed E-state index contributed by atoms with van der Waals surface area (Å²) < 4.78 is 20.7. The summed E-state index contributed by atoms with van der Waals surface area (Å²) in [5.74, 6) is 1.08. The normalized spacial score (nSPS) is 26.6. The Morgan fingerprint density at radius 2 is 1.79 bits per heavy atom. The predicted molar refractivity (Wildman–Crippen MR) is 152 cm³/mol. The fourth-order valence-corrected chi connectivity index (χ4v) is 7.28. The van der Waals surface area contributed by atoms with Crippen molar-refractivity contribution in [1.82, 2.24) is 15.0 Å². The number of amides is 1. The van der Waals surface area contributed by atoms with Gasteiger partial charge in [-0.1, -0.05) is 27.2 Å². The van der Waals surface area contributed by atoms with E-state index in [0.29, 0.717) is 18.9 Å². The monoisotopic (exact) mass is 604 g/mol. The van der Waals surface area contributed by atoms with Crippen LogP contribution in [0.4, 0.5) is 10.1 Å². The Kier molecular flexibility index (Phi) is 7.74. The Bertz CT molecular complexity index is 1150. The second-order valence-corrected chi connectivity index (χ2v) is 14.3. The molecule has 7 nitrogen and oxygen atoms in total. The highest BCUT2D eigenvalue weighted by Crippen LogP contribution is 2.57. The molecule has 39 heavy (non-hydrogen) atoms. The quantitative estimate of drug-likeness (QED) is 0.389. The van der Waals surface area contributed by atoms with E-state index in [2.05, 4.69) is 31.0 Å². The molecular formula is C30H42BrFN4O3. The van der Waals surface area contributed by atoms with Gasteiger partial charge in [0, 0.05) is 22.1 Å². The molecule has 1 amide bonds. The standard InChI is InChI=1S/C30H42BrFN4O3/c1-27(2,32)26-33-25(34-39-26)30-13-10-29(11-14-30,12-15-30)20-36(23-7-5-6-22(31)18-23)24(37)19-35-16-8-21(9-17-35)28(3,4)38/h5-7,18,21,38H,8-17,19-20H2,1-4H3. The zero-order valence-corrected chi connectivity index (χ0v) is 25.3. The number of rotatable bonds is 8. The molecule has 0 radical (unpaired) electrons. The molecule has 2 bridgehead atoms. The third-order valence-corrected chi connectivity index (χ3v) is 10.2. The SMILES string of the molecule is CC(C)(F)c1nc(C23CCC(CN(C(=O)CN4CCC(C(C)(C)O)CC4)c4cccc(Br)c4)(CC2)CC3)no1. The van der Waals surface area contributed by atoms with Crippen molar-refractivity contribution >= 4 is 27.5 Å². The predicted octanol–water partition coefficient (Wildman–Crippen LogP) is 6.14. The van der Waals surface area contributed by atoms with Crippen molar-refractivity contribution < 1.29 is 18.8 Å². The van der Waals surface area contributed by atoms with Gasteiger partial charge in [-0.15, -0.1) is 0 Å². The average molecular weight is 606 g/mol. The van der Waals surface area contributed by atoms with E-state index in [4.69, 9.17) is 4.52 Å². The van der Waals surface area contributed by atoms with E-state index in [9.17, 15) is 14.3 Å². The number of hydrogen-bond donors (Lipinski definition) is 1. The first kappa shape index (κ1) is 28.7. The summed E-state index contributed by atoms with van der Waals surface area (Å²) in [6, 6.07) is 8.03. The first-order valence-electron chi connectivity index (χ1n) is 14.3. The first-order chi connectivity index (χ1) is 18.3. The van der Waals surface area contributed by atoms with Gasteiger partial charge in [-0.25, -0.2) is 4.39 Å². The minimum absolute atomic E-state index is 0.0412. The molecule has 1 aromatic heterocycles. The lowest BCUT2D eigenvalue weighted by molar-refractivity contribution is -0.121. The van der Waals surface area contributed by atoms with Crippen LogP contribution in [-0.4, -0.2) is 57.8 Å². The number of anilines is 1. The van der Waals surface area contributed by atoms with E-state index >= 15 is 0 Å².